The van der Waals surface area contributed by atoms with E-state index >= 15 is 0 Å². The molecule has 1 aliphatic heterocycles. The van der Waals surface area contributed by atoms with Gasteiger partial charge in [0.1, 0.15) is 5.78 Å². The lowest BCUT2D eigenvalue weighted by molar-refractivity contribution is -0.118. The van der Waals surface area contributed by atoms with Gasteiger partial charge >= 0.3 is 0 Å². The van der Waals surface area contributed by atoms with Crippen molar-refractivity contribution in [2.24, 2.45) is 0 Å². The predicted molar refractivity (Wildman–Crippen MR) is 83.7 cm³/mol. The average Bonchev–Trinajstić information content (AvgIpc) is 2.96. The summed E-state index contributed by atoms with van der Waals surface area (Å²) < 4.78 is 3.24. The van der Waals surface area contributed by atoms with E-state index in [0.717, 1.165) is 42.6 Å². The Labute approximate surface area is 129 Å². The molecule has 1 atom stereocenters. The Bertz CT molecular complexity index is 484. The van der Waals surface area contributed by atoms with Crippen LogP contribution in [0.3, 0.4) is 0 Å². The third-order valence-corrected chi connectivity index (χ3v) is 4.98. The Morgan fingerprint density at radius 2 is 2.20 bits per heavy atom. The van der Waals surface area contributed by atoms with E-state index in [1.807, 2.05) is 0 Å². The van der Waals surface area contributed by atoms with Gasteiger partial charge in [-0.1, -0.05) is 6.92 Å². The fraction of sp³-hybridized carbons (Fsp3) is 0.733. The maximum absolute atomic E-state index is 11.4. The van der Waals surface area contributed by atoms with Gasteiger partial charge in [-0.25, -0.2) is 0 Å². The van der Waals surface area contributed by atoms with E-state index in [9.17, 15) is 4.79 Å². The molecule has 4 nitrogen and oxygen atoms in total. The predicted octanol–water partition coefficient (Wildman–Crippen LogP) is 3.17. The summed E-state index contributed by atoms with van der Waals surface area (Å²) in [5, 5.41) is 4.65. The molecule has 0 N–H and O–H groups in total. The number of Topliss-reactive ketones (excluding diaryl/α,β-unsaturated/α-hetero) is 1. The van der Waals surface area contributed by atoms with Crippen molar-refractivity contribution in [1.82, 2.24) is 14.7 Å². The molecule has 0 bridgehead atoms. The fourth-order valence-electron chi connectivity index (χ4n) is 3.03. The third-order valence-electron chi connectivity index (χ3n) is 4.07. The van der Waals surface area contributed by atoms with Crippen LogP contribution in [0.15, 0.2) is 4.47 Å². The molecule has 0 spiro atoms. The number of carbonyl (C=O) groups excluding carboxylic acids is 1. The molecule has 20 heavy (non-hydrogen) atoms. The Morgan fingerprint density at radius 1 is 1.45 bits per heavy atom. The first-order valence-corrected chi connectivity index (χ1v) is 8.33. The van der Waals surface area contributed by atoms with Gasteiger partial charge in [0.05, 0.1) is 15.9 Å². The number of carbonyl (C=O) groups is 1. The zero-order valence-corrected chi connectivity index (χ0v) is 14.2. The number of rotatable bonds is 6. The second-order valence-electron chi connectivity index (χ2n) is 5.55. The molecule has 112 valence electrons. The van der Waals surface area contributed by atoms with E-state index in [1.54, 1.807) is 6.92 Å². The number of aromatic nitrogens is 2. The molecule has 1 aromatic heterocycles. The number of aryl methyl sites for hydroxylation is 2. The second-order valence-corrected chi connectivity index (χ2v) is 6.34. The van der Waals surface area contributed by atoms with Crippen LogP contribution in [0.5, 0.6) is 0 Å². The first-order chi connectivity index (χ1) is 9.56. The largest absolute Gasteiger partial charge is 0.300 e. The number of ketones is 1. The summed E-state index contributed by atoms with van der Waals surface area (Å²) in [7, 11) is 0. The van der Waals surface area contributed by atoms with Gasteiger partial charge in [0.2, 0.25) is 0 Å². The Hall–Kier alpha value is -0.680. The van der Waals surface area contributed by atoms with Crippen LogP contribution in [0.25, 0.3) is 0 Å². The Morgan fingerprint density at radius 3 is 2.80 bits per heavy atom. The molecule has 1 aromatic rings. The number of halogens is 1. The minimum absolute atomic E-state index is 0.291. The summed E-state index contributed by atoms with van der Waals surface area (Å²) in [4.78, 5) is 13.8. The van der Waals surface area contributed by atoms with Crippen molar-refractivity contribution in [3.63, 3.8) is 0 Å². The van der Waals surface area contributed by atoms with E-state index in [4.69, 9.17) is 0 Å². The van der Waals surface area contributed by atoms with E-state index in [2.05, 4.69) is 44.5 Å². The van der Waals surface area contributed by atoms with Crippen LogP contribution >= 0.6 is 15.9 Å². The van der Waals surface area contributed by atoms with Crippen molar-refractivity contribution >= 4 is 21.7 Å². The minimum Gasteiger partial charge on any atom is -0.300 e. The quantitative estimate of drug-likeness (QED) is 0.797. The highest BCUT2D eigenvalue weighted by Gasteiger charge is 2.27. The highest BCUT2D eigenvalue weighted by Crippen LogP contribution is 2.28. The van der Waals surface area contributed by atoms with E-state index in [1.165, 1.54) is 12.1 Å². The van der Waals surface area contributed by atoms with Crippen molar-refractivity contribution < 1.29 is 4.79 Å². The van der Waals surface area contributed by atoms with Crippen molar-refractivity contribution in [1.29, 1.82) is 0 Å². The summed E-state index contributed by atoms with van der Waals surface area (Å²) in [5.74, 6) is 0.291. The van der Waals surface area contributed by atoms with Gasteiger partial charge in [-0.2, -0.15) is 5.10 Å². The summed E-state index contributed by atoms with van der Waals surface area (Å²) in [6.45, 7) is 8.81. The normalized spacial score (nSPS) is 19.7. The zero-order chi connectivity index (χ0) is 14.7. The van der Waals surface area contributed by atoms with Crippen LogP contribution in [-0.2, 0) is 24.3 Å². The lowest BCUT2D eigenvalue weighted by atomic mass is 10.1. The van der Waals surface area contributed by atoms with Gasteiger partial charge in [-0.05, 0) is 55.6 Å². The molecular formula is C15H24BrN3O. The molecule has 2 heterocycles. The number of nitrogens with zero attached hydrogens (tertiary/aromatic N) is 3. The topological polar surface area (TPSA) is 38.1 Å². The number of hydrogen-bond donors (Lipinski definition) is 0. The molecule has 0 aromatic carbocycles. The highest BCUT2D eigenvalue weighted by atomic mass is 79.9. The zero-order valence-electron chi connectivity index (χ0n) is 12.7. The molecule has 0 amide bonds. The van der Waals surface area contributed by atoms with Crippen LogP contribution in [0.4, 0.5) is 0 Å². The molecule has 0 aliphatic carbocycles. The van der Waals surface area contributed by atoms with Crippen molar-refractivity contribution in [2.45, 2.75) is 65.6 Å². The highest BCUT2D eigenvalue weighted by molar-refractivity contribution is 9.10. The van der Waals surface area contributed by atoms with E-state index < -0.39 is 0 Å². The monoisotopic (exact) mass is 341 g/mol. The fourth-order valence-corrected chi connectivity index (χ4v) is 3.72. The average molecular weight is 342 g/mol. The lowest BCUT2D eigenvalue weighted by Crippen LogP contribution is -2.31. The lowest BCUT2D eigenvalue weighted by Gasteiger charge is -2.24. The molecule has 0 saturated carbocycles. The van der Waals surface area contributed by atoms with Gasteiger partial charge in [0, 0.05) is 25.6 Å². The Kier molecular flexibility index (Phi) is 5.38. The SMILES string of the molecule is CCc1nn(CC)c(CN2CCCC2CC(C)=O)c1Br. The molecular weight excluding hydrogens is 318 g/mol. The molecule has 1 aliphatic rings. The van der Waals surface area contributed by atoms with Gasteiger partial charge in [-0.15, -0.1) is 0 Å². The number of likely N-dealkylation sites (tertiary alicyclic amines) is 1. The summed E-state index contributed by atoms with van der Waals surface area (Å²) in [5.41, 5.74) is 2.38. The molecule has 2 rings (SSSR count). The maximum Gasteiger partial charge on any atom is 0.131 e. The summed E-state index contributed by atoms with van der Waals surface area (Å²) >= 11 is 3.70. The smallest absolute Gasteiger partial charge is 0.131 e. The van der Waals surface area contributed by atoms with Gasteiger partial charge in [0.15, 0.2) is 0 Å². The third kappa shape index (κ3) is 3.31. The molecule has 0 radical (unpaired) electrons. The molecule has 1 unspecified atom stereocenters. The first-order valence-electron chi connectivity index (χ1n) is 7.54. The van der Waals surface area contributed by atoms with Gasteiger partial charge in [0.25, 0.3) is 0 Å². The summed E-state index contributed by atoms with van der Waals surface area (Å²) in [6.07, 6.45) is 3.95. The number of hydrogen-bond acceptors (Lipinski definition) is 3. The van der Waals surface area contributed by atoms with Crippen molar-refractivity contribution in [3.8, 4) is 0 Å². The van der Waals surface area contributed by atoms with Crippen LogP contribution in [0.2, 0.25) is 0 Å². The van der Waals surface area contributed by atoms with Gasteiger partial charge < -0.3 is 0 Å². The van der Waals surface area contributed by atoms with Crippen molar-refractivity contribution in [3.05, 3.63) is 15.9 Å². The first kappa shape index (κ1) is 15.7. The van der Waals surface area contributed by atoms with E-state index in [-0.39, 0.29) is 0 Å². The molecule has 1 fully saturated rings. The second kappa shape index (κ2) is 6.85. The maximum atomic E-state index is 11.4. The van der Waals surface area contributed by atoms with Crippen LogP contribution in [-0.4, -0.2) is 33.1 Å². The van der Waals surface area contributed by atoms with Crippen molar-refractivity contribution in [2.75, 3.05) is 6.54 Å². The Balaban J connectivity index is 2.16. The van der Waals surface area contributed by atoms with Gasteiger partial charge in [-0.3, -0.25) is 14.4 Å². The van der Waals surface area contributed by atoms with Crippen LogP contribution < -0.4 is 0 Å². The van der Waals surface area contributed by atoms with Crippen LogP contribution in [0, 0.1) is 0 Å². The minimum atomic E-state index is 0.291. The summed E-state index contributed by atoms with van der Waals surface area (Å²) in [6, 6.07) is 0.407. The van der Waals surface area contributed by atoms with E-state index in [0.29, 0.717) is 18.2 Å². The van der Waals surface area contributed by atoms with Crippen LogP contribution in [0.1, 0.15) is 51.4 Å². The standard InChI is InChI=1S/C15H24BrN3O/c1-4-13-15(16)14(19(5-2)17-13)10-18-8-6-7-12(18)9-11(3)20/h12H,4-10H2,1-3H3. The molecule has 1 saturated heterocycles. The molecule has 5 heteroatoms.